The highest BCUT2D eigenvalue weighted by Crippen LogP contribution is 2.30. The van der Waals surface area contributed by atoms with Crippen molar-refractivity contribution in [2.75, 3.05) is 13.1 Å². The molecule has 2 amide bonds. The molecule has 1 heterocycles. The molecule has 0 aliphatic carbocycles. The first-order valence-electron chi connectivity index (χ1n) is 8.92. The average molecular weight is 352 g/mol. The lowest BCUT2D eigenvalue weighted by Gasteiger charge is -2.37. The zero-order chi connectivity index (χ0) is 18.5. The number of benzene rings is 2. The molecule has 1 aliphatic heterocycles. The van der Waals surface area contributed by atoms with Gasteiger partial charge in [-0.25, -0.2) is 4.79 Å². The van der Waals surface area contributed by atoms with Gasteiger partial charge in [-0.3, -0.25) is 4.79 Å². The summed E-state index contributed by atoms with van der Waals surface area (Å²) in [6, 6.07) is 19.2. The summed E-state index contributed by atoms with van der Waals surface area (Å²) < 4.78 is 0. The van der Waals surface area contributed by atoms with Crippen molar-refractivity contribution in [3.05, 3.63) is 71.8 Å². The van der Waals surface area contributed by atoms with Crippen LogP contribution in [0.3, 0.4) is 0 Å². The summed E-state index contributed by atoms with van der Waals surface area (Å²) in [4.78, 5) is 26.0. The molecule has 26 heavy (non-hydrogen) atoms. The number of likely N-dealkylation sites (tertiary alicyclic amines) is 1. The van der Waals surface area contributed by atoms with E-state index in [9.17, 15) is 14.7 Å². The van der Waals surface area contributed by atoms with Gasteiger partial charge in [-0.05, 0) is 24.5 Å². The van der Waals surface area contributed by atoms with Crippen LogP contribution in [-0.4, -0.2) is 35.1 Å². The van der Waals surface area contributed by atoms with Gasteiger partial charge in [0.1, 0.15) is 0 Å². The predicted molar refractivity (Wildman–Crippen MR) is 99.9 cm³/mol. The number of amides is 2. The van der Waals surface area contributed by atoms with E-state index in [1.165, 1.54) is 0 Å². The summed E-state index contributed by atoms with van der Waals surface area (Å²) in [5, 5.41) is 12.5. The quantitative estimate of drug-likeness (QED) is 0.882. The third kappa shape index (κ3) is 4.23. The molecule has 2 N–H and O–H groups in total. The molecule has 3 rings (SSSR count). The Morgan fingerprint density at radius 2 is 1.65 bits per heavy atom. The molecule has 1 fully saturated rings. The number of carbonyl (C=O) groups is 2. The van der Waals surface area contributed by atoms with Crippen LogP contribution < -0.4 is 5.32 Å². The highest BCUT2D eigenvalue weighted by atomic mass is 16.4. The molecule has 0 aromatic heterocycles. The van der Waals surface area contributed by atoms with Crippen molar-refractivity contribution < 1.29 is 14.7 Å². The molecule has 2 aromatic rings. The molecule has 0 bridgehead atoms. The Kier molecular flexibility index (Phi) is 5.56. The minimum Gasteiger partial charge on any atom is -0.481 e. The molecule has 0 saturated carbocycles. The van der Waals surface area contributed by atoms with Crippen LogP contribution in [0.15, 0.2) is 60.7 Å². The highest BCUT2D eigenvalue weighted by Gasteiger charge is 2.34. The largest absolute Gasteiger partial charge is 0.481 e. The summed E-state index contributed by atoms with van der Waals surface area (Å²) in [5.41, 5.74) is 2.10. The fraction of sp³-hybridized carbons (Fsp3) is 0.333. The van der Waals surface area contributed by atoms with Crippen molar-refractivity contribution in [3.63, 3.8) is 0 Å². The van der Waals surface area contributed by atoms with Gasteiger partial charge < -0.3 is 15.3 Å². The van der Waals surface area contributed by atoms with Crippen LogP contribution in [0.4, 0.5) is 4.79 Å². The summed E-state index contributed by atoms with van der Waals surface area (Å²) >= 11 is 0. The number of urea groups is 1. The fourth-order valence-electron chi connectivity index (χ4n) is 3.51. The van der Waals surface area contributed by atoms with Crippen molar-refractivity contribution in [1.29, 1.82) is 0 Å². The topological polar surface area (TPSA) is 69.6 Å². The monoisotopic (exact) mass is 352 g/mol. The summed E-state index contributed by atoms with van der Waals surface area (Å²) in [6.07, 6.45) is 0.553. The Morgan fingerprint density at radius 3 is 2.27 bits per heavy atom. The average Bonchev–Trinajstić information content (AvgIpc) is 2.68. The Balaban J connectivity index is 1.72. The lowest BCUT2D eigenvalue weighted by atomic mass is 9.84. The summed E-state index contributed by atoms with van der Waals surface area (Å²) in [5.74, 6) is -1.37. The number of carbonyl (C=O) groups excluding carboxylic acids is 1. The number of rotatable bonds is 4. The number of aliphatic carboxylic acids is 1. The van der Waals surface area contributed by atoms with Crippen LogP contribution in [0.25, 0.3) is 0 Å². The SMILES string of the molecule is CC(NC(=O)N1CC(C(=O)O)CC(c2ccccc2)C1)c1ccccc1. The Labute approximate surface area is 153 Å². The van der Waals surface area contributed by atoms with E-state index in [2.05, 4.69) is 5.32 Å². The van der Waals surface area contributed by atoms with Gasteiger partial charge in [0, 0.05) is 19.0 Å². The van der Waals surface area contributed by atoms with E-state index in [-0.39, 0.29) is 24.5 Å². The van der Waals surface area contributed by atoms with Crippen molar-refractivity contribution in [3.8, 4) is 0 Å². The first-order chi connectivity index (χ1) is 12.5. The summed E-state index contributed by atoms with van der Waals surface area (Å²) in [6.45, 7) is 2.70. The first-order valence-corrected chi connectivity index (χ1v) is 8.92. The van der Waals surface area contributed by atoms with Crippen molar-refractivity contribution in [2.45, 2.75) is 25.3 Å². The number of hydrogen-bond donors (Lipinski definition) is 2. The van der Waals surface area contributed by atoms with Gasteiger partial charge in [-0.2, -0.15) is 0 Å². The maximum absolute atomic E-state index is 12.7. The van der Waals surface area contributed by atoms with E-state index < -0.39 is 11.9 Å². The van der Waals surface area contributed by atoms with Gasteiger partial charge >= 0.3 is 12.0 Å². The Morgan fingerprint density at radius 1 is 1.04 bits per heavy atom. The maximum Gasteiger partial charge on any atom is 0.317 e. The molecule has 3 unspecified atom stereocenters. The van der Waals surface area contributed by atoms with Gasteiger partial charge in [0.2, 0.25) is 0 Å². The molecule has 1 saturated heterocycles. The zero-order valence-corrected chi connectivity index (χ0v) is 14.8. The second-order valence-corrected chi connectivity index (χ2v) is 6.87. The molecule has 5 nitrogen and oxygen atoms in total. The van der Waals surface area contributed by atoms with Crippen LogP contribution in [0.2, 0.25) is 0 Å². The van der Waals surface area contributed by atoms with Gasteiger partial charge in [-0.1, -0.05) is 60.7 Å². The smallest absolute Gasteiger partial charge is 0.317 e. The predicted octanol–water partition coefficient (Wildman–Crippen LogP) is 3.65. The molecular formula is C21H24N2O3. The van der Waals surface area contributed by atoms with Crippen LogP contribution in [0.1, 0.15) is 36.4 Å². The summed E-state index contributed by atoms with van der Waals surface area (Å²) in [7, 11) is 0. The first kappa shape index (κ1) is 18.0. The normalized spacial score (nSPS) is 21.0. The van der Waals surface area contributed by atoms with Gasteiger partial charge in [-0.15, -0.1) is 0 Å². The second-order valence-electron chi connectivity index (χ2n) is 6.87. The number of hydrogen-bond acceptors (Lipinski definition) is 2. The van der Waals surface area contributed by atoms with E-state index in [0.717, 1.165) is 11.1 Å². The molecular weight excluding hydrogens is 328 g/mol. The molecule has 2 aromatic carbocycles. The highest BCUT2D eigenvalue weighted by molar-refractivity contribution is 5.77. The molecule has 3 atom stereocenters. The van der Waals surface area contributed by atoms with E-state index in [1.54, 1.807) is 4.90 Å². The van der Waals surface area contributed by atoms with E-state index in [0.29, 0.717) is 13.0 Å². The van der Waals surface area contributed by atoms with Crippen molar-refractivity contribution >= 4 is 12.0 Å². The molecule has 1 aliphatic rings. The Hall–Kier alpha value is -2.82. The van der Waals surface area contributed by atoms with Gasteiger partial charge in [0.25, 0.3) is 0 Å². The minimum atomic E-state index is -0.848. The molecule has 136 valence electrons. The molecule has 0 radical (unpaired) electrons. The maximum atomic E-state index is 12.7. The fourth-order valence-corrected chi connectivity index (χ4v) is 3.51. The molecule has 5 heteroatoms. The van der Waals surface area contributed by atoms with E-state index in [1.807, 2.05) is 67.6 Å². The Bertz CT molecular complexity index is 748. The van der Waals surface area contributed by atoms with Crippen molar-refractivity contribution in [1.82, 2.24) is 10.2 Å². The number of nitrogens with one attached hydrogen (secondary N) is 1. The zero-order valence-electron chi connectivity index (χ0n) is 14.8. The standard InChI is InChI=1S/C21H24N2O3/c1-15(16-8-4-2-5-9-16)22-21(26)23-13-18(12-19(14-23)20(24)25)17-10-6-3-7-11-17/h2-11,15,18-19H,12-14H2,1H3,(H,22,26)(H,24,25). The lowest BCUT2D eigenvalue weighted by molar-refractivity contribution is -0.143. The minimum absolute atomic E-state index is 0.0313. The van der Waals surface area contributed by atoms with Crippen LogP contribution in [0.5, 0.6) is 0 Å². The third-order valence-electron chi connectivity index (χ3n) is 5.00. The second kappa shape index (κ2) is 8.04. The van der Waals surface area contributed by atoms with Gasteiger partial charge in [0.05, 0.1) is 12.0 Å². The number of carboxylic acids is 1. The third-order valence-corrected chi connectivity index (χ3v) is 5.00. The molecule has 0 spiro atoms. The van der Waals surface area contributed by atoms with E-state index in [4.69, 9.17) is 0 Å². The van der Waals surface area contributed by atoms with Crippen molar-refractivity contribution in [2.24, 2.45) is 5.92 Å². The van der Waals surface area contributed by atoms with Crippen LogP contribution in [0, 0.1) is 5.92 Å². The van der Waals surface area contributed by atoms with E-state index >= 15 is 0 Å². The number of carboxylic acid groups (broad SMARTS) is 1. The van der Waals surface area contributed by atoms with Crippen LogP contribution in [-0.2, 0) is 4.79 Å². The number of piperidine rings is 1. The van der Waals surface area contributed by atoms with Gasteiger partial charge in [0.15, 0.2) is 0 Å². The van der Waals surface area contributed by atoms with Crippen LogP contribution >= 0.6 is 0 Å². The lowest BCUT2D eigenvalue weighted by Crippen LogP contribution is -2.49. The number of nitrogens with zero attached hydrogens (tertiary/aromatic N) is 1.